The van der Waals surface area contributed by atoms with Crippen LogP contribution in [0.5, 0.6) is 0 Å². The number of carboxylic acid groups (broad SMARTS) is 1. The Morgan fingerprint density at radius 1 is 0.783 bits per heavy atom. The highest BCUT2D eigenvalue weighted by molar-refractivity contribution is 5.95. The number of aromatic carboxylic acids is 1. The number of carboxylic acids is 1. The van der Waals surface area contributed by atoms with E-state index in [1.54, 1.807) is 4.90 Å². The Hall–Kier alpha value is -2.82. The van der Waals surface area contributed by atoms with Crippen molar-refractivity contribution in [2.45, 2.75) is 0 Å². The summed E-state index contributed by atoms with van der Waals surface area (Å²) in [7, 11) is 0. The van der Waals surface area contributed by atoms with E-state index in [9.17, 15) is 14.7 Å². The van der Waals surface area contributed by atoms with Gasteiger partial charge in [0.05, 0.1) is 5.97 Å². The van der Waals surface area contributed by atoms with Crippen molar-refractivity contribution in [3.05, 3.63) is 65.7 Å². The maximum atomic E-state index is 12.5. The first-order valence-corrected chi connectivity index (χ1v) is 7.56. The Balaban J connectivity index is 1.63. The lowest BCUT2D eigenvalue weighted by Crippen LogP contribution is -2.48. The molecule has 0 radical (unpaired) electrons. The molecule has 3 rings (SSSR count). The summed E-state index contributed by atoms with van der Waals surface area (Å²) in [6.07, 6.45) is 0. The molecule has 0 unspecified atom stereocenters. The minimum absolute atomic E-state index is 0.0670. The molecule has 5 heteroatoms. The summed E-state index contributed by atoms with van der Waals surface area (Å²) < 4.78 is 0. The van der Waals surface area contributed by atoms with Crippen molar-refractivity contribution < 1.29 is 14.7 Å². The summed E-state index contributed by atoms with van der Waals surface area (Å²) in [5.41, 5.74) is 1.75. The van der Waals surface area contributed by atoms with Gasteiger partial charge in [-0.15, -0.1) is 0 Å². The summed E-state index contributed by atoms with van der Waals surface area (Å²) in [4.78, 5) is 27.3. The quantitative estimate of drug-likeness (QED) is 0.849. The predicted molar refractivity (Wildman–Crippen MR) is 85.3 cm³/mol. The molecule has 5 nitrogen and oxygen atoms in total. The van der Waals surface area contributed by atoms with E-state index < -0.39 is 5.97 Å². The molecule has 0 bridgehead atoms. The van der Waals surface area contributed by atoms with E-state index in [2.05, 4.69) is 17.0 Å². The van der Waals surface area contributed by atoms with Crippen LogP contribution < -0.4 is 10.0 Å². The zero-order valence-corrected chi connectivity index (χ0v) is 12.6. The van der Waals surface area contributed by atoms with Crippen LogP contribution in [0, 0.1) is 0 Å². The Morgan fingerprint density at radius 3 is 1.91 bits per heavy atom. The topological polar surface area (TPSA) is 63.7 Å². The molecule has 23 heavy (non-hydrogen) atoms. The summed E-state index contributed by atoms with van der Waals surface area (Å²) >= 11 is 0. The second kappa shape index (κ2) is 6.52. The first kappa shape index (κ1) is 15.1. The summed E-state index contributed by atoms with van der Waals surface area (Å²) in [6, 6.07) is 16.0. The van der Waals surface area contributed by atoms with Gasteiger partial charge in [0.1, 0.15) is 0 Å². The molecule has 0 atom stereocenters. The number of hydrogen-bond donors (Lipinski definition) is 0. The van der Waals surface area contributed by atoms with Gasteiger partial charge in [-0.25, -0.2) is 0 Å². The molecule has 0 aromatic heterocycles. The molecular weight excluding hydrogens is 292 g/mol. The van der Waals surface area contributed by atoms with E-state index in [4.69, 9.17) is 0 Å². The first-order chi connectivity index (χ1) is 11.1. The van der Waals surface area contributed by atoms with Gasteiger partial charge in [-0.05, 0) is 29.8 Å². The third-order valence-electron chi connectivity index (χ3n) is 4.06. The van der Waals surface area contributed by atoms with Crippen LogP contribution in [0.2, 0.25) is 0 Å². The van der Waals surface area contributed by atoms with Crippen molar-refractivity contribution in [2.24, 2.45) is 0 Å². The number of nitrogens with zero attached hydrogens (tertiary/aromatic N) is 2. The molecule has 2 aromatic carbocycles. The highest BCUT2D eigenvalue weighted by Crippen LogP contribution is 2.17. The Kier molecular flexibility index (Phi) is 4.28. The van der Waals surface area contributed by atoms with Crippen LogP contribution >= 0.6 is 0 Å². The Bertz CT molecular complexity index is 690. The molecular formula is C18H17N2O3-. The van der Waals surface area contributed by atoms with Gasteiger partial charge in [-0.3, -0.25) is 4.79 Å². The van der Waals surface area contributed by atoms with Gasteiger partial charge in [0, 0.05) is 37.4 Å². The summed E-state index contributed by atoms with van der Waals surface area (Å²) in [5.74, 6) is -1.30. The smallest absolute Gasteiger partial charge is 0.253 e. The third-order valence-corrected chi connectivity index (χ3v) is 4.06. The molecule has 1 saturated heterocycles. The SMILES string of the molecule is O=C([O-])c1ccc(C(=O)N2CCN(c3ccccc3)CC2)cc1. The van der Waals surface area contributed by atoms with Crippen LogP contribution in [-0.2, 0) is 0 Å². The van der Waals surface area contributed by atoms with Crippen LogP contribution in [0.15, 0.2) is 54.6 Å². The highest BCUT2D eigenvalue weighted by atomic mass is 16.4. The number of anilines is 1. The van der Waals surface area contributed by atoms with E-state index in [1.807, 2.05) is 18.2 Å². The molecule has 118 valence electrons. The molecule has 1 aliphatic heterocycles. The number of para-hydroxylation sites is 1. The molecule has 0 spiro atoms. The van der Waals surface area contributed by atoms with E-state index in [1.165, 1.54) is 24.3 Å². The predicted octanol–water partition coefficient (Wildman–Crippen LogP) is 1.01. The number of benzene rings is 2. The van der Waals surface area contributed by atoms with Gasteiger partial charge >= 0.3 is 0 Å². The van der Waals surface area contributed by atoms with E-state index >= 15 is 0 Å². The minimum atomic E-state index is -1.24. The highest BCUT2D eigenvalue weighted by Gasteiger charge is 2.22. The average Bonchev–Trinajstić information content (AvgIpc) is 2.62. The molecule has 1 amide bonds. The standard InChI is InChI=1S/C18H18N2O3/c21-17(14-6-8-15(9-7-14)18(22)23)20-12-10-19(11-13-20)16-4-2-1-3-5-16/h1-9H,10-13H2,(H,22,23)/p-1. The van der Waals surface area contributed by atoms with E-state index in [0.717, 1.165) is 18.8 Å². The van der Waals surface area contributed by atoms with Crippen molar-refractivity contribution in [1.82, 2.24) is 4.90 Å². The first-order valence-electron chi connectivity index (χ1n) is 7.56. The number of piperazine rings is 1. The molecule has 0 aliphatic carbocycles. The number of rotatable bonds is 3. The molecule has 1 fully saturated rings. The van der Waals surface area contributed by atoms with Gasteiger partial charge in [0.2, 0.25) is 0 Å². The molecule has 1 heterocycles. The second-order valence-electron chi connectivity index (χ2n) is 5.48. The van der Waals surface area contributed by atoms with Crippen molar-refractivity contribution >= 4 is 17.6 Å². The fourth-order valence-electron chi connectivity index (χ4n) is 2.74. The second-order valence-corrected chi connectivity index (χ2v) is 5.48. The van der Waals surface area contributed by atoms with Gasteiger partial charge in [-0.1, -0.05) is 30.3 Å². The Labute approximate surface area is 134 Å². The molecule has 2 aromatic rings. The van der Waals surface area contributed by atoms with Gasteiger partial charge < -0.3 is 19.7 Å². The number of carbonyl (C=O) groups excluding carboxylic acids is 2. The van der Waals surface area contributed by atoms with Crippen molar-refractivity contribution in [3.63, 3.8) is 0 Å². The fraction of sp³-hybridized carbons (Fsp3) is 0.222. The lowest BCUT2D eigenvalue weighted by Gasteiger charge is -2.36. The van der Waals surface area contributed by atoms with E-state index in [-0.39, 0.29) is 11.5 Å². The van der Waals surface area contributed by atoms with Gasteiger partial charge in [0.15, 0.2) is 0 Å². The lowest BCUT2D eigenvalue weighted by molar-refractivity contribution is -0.255. The van der Waals surface area contributed by atoms with Crippen molar-refractivity contribution in [1.29, 1.82) is 0 Å². The van der Waals surface area contributed by atoms with Crippen LogP contribution in [0.4, 0.5) is 5.69 Å². The third kappa shape index (κ3) is 3.34. The largest absolute Gasteiger partial charge is 0.545 e. The summed E-state index contributed by atoms with van der Waals surface area (Å²) in [5, 5.41) is 10.7. The lowest BCUT2D eigenvalue weighted by atomic mass is 10.1. The molecule has 0 N–H and O–H groups in total. The van der Waals surface area contributed by atoms with Crippen molar-refractivity contribution in [3.8, 4) is 0 Å². The van der Waals surface area contributed by atoms with Crippen LogP contribution in [0.25, 0.3) is 0 Å². The normalized spacial score (nSPS) is 14.6. The van der Waals surface area contributed by atoms with E-state index in [0.29, 0.717) is 18.7 Å². The molecule has 0 saturated carbocycles. The molecule has 1 aliphatic rings. The fourth-order valence-corrected chi connectivity index (χ4v) is 2.74. The Morgan fingerprint density at radius 2 is 1.35 bits per heavy atom. The zero-order valence-electron chi connectivity index (χ0n) is 12.6. The number of carbonyl (C=O) groups is 2. The maximum absolute atomic E-state index is 12.5. The van der Waals surface area contributed by atoms with Gasteiger partial charge in [0.25, 0.3) is 5.91 Å². The van der Waals surface area contributed by atoms with Crippen molar-refractivity contribution in [2.75, 3.05) is 31.1 Å². The van der Waals surface area contributed by atoms with Crippen LogP contribution in [0.1, 0.15) is 20.7 Å². The average molecular weight is 309 g/mol. The van der Waals surface area contributed by atoms with Gasteiger partial charge in [-0.2, -0.15) is 0 Å². The monoisotopic (exact) mass is 309 g/mol. The number of amides is 1. The van der Waals surface area contributed by atoms with Crippen LogP contribution in [0.3, 0.4) is 0 Å². The maximum Gasteiger partial charge on any atom is 0.253 e. The zero-order chi connectivity index (χ0) is 16.2. The summed E-state index contributed by atoms with van der Waals surface area (Å²) in [6.45, 7) is 2.87. The van der Waals surface area contributed by atoms with Crippen LogP contribution in [-0.4, -0.2) is 43.0 Å². The number of hydrogen-bond acceptors (Lipinski definition) is 4. The minimum Gasteiger partial charge on any atom is -0.545 e.